The van der Waals surface area contributed by atoms with Crippen LogP contribution in [0.5, 0.6) is 0 Å². The van der Waals surface area contributed by atoms with Crippen LogP contribution in [0.1, 0.15) is 27.6 Å². The first kappa shape index (κ1) is 23.4. The highest BCUT2D eigenvalue weighted by atomic mass is 35.5. The van der Waals surface area contributed by atoms with Crippen molar-refractivity contribution >= 4 is 52.5 Å². The zero-order valence-corrected chi connectivity index (χ0v) is 19.0. The molecule has 0 bridgehead atoms. The third kappa shape index (κ3) is 6.12. The molecule has 0 heterocycles. The van der Waals surface area contributed by atoms with Gasteiger partial charge in [0.05, 0.1) is 23.6 Å². The molecule has 0 saturated heterocycles. The quantitative estimate of drug-likeness (QED) is 0.353. The first-order valence-electron chi connectivity index (χ1n) is 9.69. The number of esters is 1. The maximum Gasteiger partial charge on any atom is 0.339 e. The van der Waals surface area contributed by atoms with Gasteiger partial charge in [-0.05, 0) is 55.5 Å². The number of anilines is 2. The second-order valence-corrected chi connectivity index (χ2v) is 8.63. The van der Waals surface area contributed by atoms with E-state index in [9.17, 15) is 14.4 Å². The Bertz CT molecular complexity index is 1150. The van der Waals surface area contributed by atoms with Crippen molar-refractivity contribution in [2.45, 2.75) is 17.1 Å². The molecule has 0 aliphatic heterocycles. The number of benzene rings is 3. The molecule has 0 radical (unpaired) electrons. The lowest BCUT2D eigenvalue weighted by Gasteiger charge is -2.14. The van der Waals surface area contributed by atoms with Crippen molar-refractivity contribution in [3.05, 3.63) is 88.9 Å². The van der Waals surface area contributed by atoms with E-state index in [1.807, 2.05) is 6.07 Å². The van der Waals surface area contributed by atoms with E-state index in [-0.39, 0.29) is 17.4 Å². The molecular weight excluding hydrogens is 448 g/mol. The molecule has 3 aromatic rings. The first-order valence-corrected chi connectivity index (χ1v) is 10.9. The summed E-state index contributed by atoms with van der Waals surface area (Å²) in [6.45, 7) is 1.76. The molecule has 6 nitrogen and oxygen atoms in total. The summed E-state index contributed by atoms with van der Waals surface area (Å²) in [6, 6.07) is 20.6. The number of para-hydroxylation sites is 1. The molecule has 3 rings (SSSR count). The second-order valence-electron chi connectivity index (χ2n) is 6.78. The Kier molecular flexibility index (Phi) is 7.92. The summed E-state index contributed by atoms with van der Waals surface area (Å²) < 4.78 is 4.76. The number of halogens is 1. The Morgan fingerprint density at radius 2 is 1.69 bits per heavy atom. The maximum absolute atomic E-state index is 12.7. The largest absolute Gasteiger partial charge is 0.465 e. The van der Waals surface area contributed by atoms with Gasteiger partial charge in [0.15, 0.2) is 0 Å². The molecule has 1 atom stereocenters. The van der Waals surface area contributed by atoms with Gasteiger partial charge in [0.2, 0.25) is 5.91 Å². The van der Waals surface area contributed by atoms with Gasteiger partial charge < -0.3 is 15.4 Å². The SMILES string of the molecule is COC(=O)c1ccccc1NC(=O)C(C)Sc1cccc(NC(=O)c2cccc(Cl)c2)c1. The predicted molar refractivity (Wildman–Crippen MR) is 128 cm³/mol. The third-order valence-electron chi connectivity index (χ3n) is 4.45. The van der Waals surface area contributed by atoms with Crippen LogP contribution in [0.4, 0.5) is 11.4 Å². The van der Waals surface area contributed by atoms with Gasteiger partial charge in [-0.25, -0.2) is 4.79 Å². The van der Waals surface area contributed by atoms with Crippen LogP contribution in [0, 0.1) is 0 Å². The van der Waals surface area contributed by atoms with Crippen molar-refractivity contribution in [3.8, 4) is 0 Å². The number of methoxy groups -OCH3 is 1. The highest BCUT2D eigenvalue weighted by Crippen LogP contribution is 2.27. The molecule has 0 spiro atoms. The molecule has 8 heteroatoms. The summed E-state index contributed by atoms with van der Waals surface area (Å²) in [5.41, 5.74) is 1.72. The Morgan fingerprint density at radius 1 is 0.938 bits per heavy atom. The fraction of sp³-hybridized carbons (Fsp3) is 0.125. The standard InChI is InChI=1S/C24H21ClN2O4S/c1-15(22(28)27-21-12-4-3-11-20(21)24(30)31-2)32-19-10-6-9-18(14-19)26-23(29)16-7-5-8-17(25)13-16/h3-15H,1-2H3,(H,26,29)(H,27,28). The number of ether oxygens (including phenoxy) is 1. The van der Waals surface area contributed by atoms with Crippen LogP contribution in [0.2, 0.25) is 5.02 Å². The third-order valence-corrected chi connectivity index (χ3v) is 5.78. The normalized spacial score (nSPS) is 11.3. The van der Waals surface area contributed by atoms with Crippen molar-refractivity contribution in [3.63, 3.8) is 0 Å². The van der Waals surface area contributed by atoms with Crippen LogP contribution in [0.3, 0.4) is 0 Å². The minimum absolute atomic E-state index is 0.264. The van der Waals surface area contributed by atoms with E-state index in [1.165, 1.54) is 18.9 Å². The molecule has 1 unspecified atom stereocenters. The molecule has 2 N–H and O–H groups in total. The van der Waals surface area contributed by atoms with E-state index in [4.69, 9.17) is 16.3 Å². The molecule has 0 saturated carbocycles. The molecule has 164 valence electrons. The van der Waals surface area contributed by atoms with Crippen LogP contribution in [-0.2, 0) is 9.53 Å². The smallest absolute Gasteiger partial charge is 0.339 e. The fourth-order valence-electron chi connectivity index (χ4n) is 2.85. The summed E-state index contributed by atoms with van der Waals surface area (Å²) in [6.07, 6.45) is 0. The number of hydrogen-bond donors (Lipinski definition) is 2. The lowest BCUT2D eigenvalue weighted by atomic mass is 10.2. The fourth-order valence-corrected chi connectivity index (χ4v) is 3.97. The predicted octanol–water partition coefficient (Wildman–Crippen LogP) is 5.50. The van der Waals surface area contributed by atoms with E-state index < -0.39 is 11.2 Å². The van der Waals surface area contributed by atoms with Crippen molar-refractivity contribution in [2.24, 2.45) is 0 Å². The second kappa shape index (κ2) is 10.8. The van der Waals surface area contributed by atoms with Crippen molar-refractivity contribution in [2.75, 3.05) is 17.7 Å². The topological polar surface area (TPSA) is 84.5 Å². The summed E-state index contributed by atoms with van der Waals surface area (Å²) in [5, 5.41) is 5.63. The average molecular weight is 469 g/mol. The van der Waals surface area contributed by atoms with Gasteiger partial charge in [-0.1, -0.05) is 35.9 Å². The molecular formula is C24H21ClN2O4S. The van der Waals surface area contributed by atoms with Gasteiger partial charge in [0, 0.05) is 21.2 Å². The Labute approximate surface area is 195 Å². The van der Waals surface area contributed by atoms with Gasteiger partial charge in [0.25, 0.3) is 5.91 Å². The van der Waals surface area contributed by atoms with Crippen LogP contribution >= 0.6 is 23.4 Å². The van der Waals surface area contributed by atoms with Crippen molar-refractivity contribution in [1.29, 1.82) is 0 Å². The summed E-state index contributed by atoms with van der Waals surface area (Å²) in [7, 11) is 1.29. The van der Waals surface area contributed by atoms with Gasteiger partial charge >= 0.3 is 5.97 Å². The van der Waals surface area contributed by atoms with E-state index in [1.54, 1.807) is 73.7 Å². The first-order chi connectivity index (χ1) is 15.4. The maximum atomic E-state index is 12.7. The molecule has 0 aromatic heterocycles. The highest BCUT2D eigenvalue weighted by molar-refractivity contribution is 8.00. The average Bonchev–Trinajstić information content (AvgIpc) is 2.79. The molecule has 3 aromatic carbocycles. The number of amides is 2. The minimum Gasteiger partial charge on any atom is -0.465 e. The molecule has 0 aliphatic rings. The number of hydrogen-bond acceptors (Lipinski definition) is 5. The number of carbonyl (C=O) groups excluding carboxylic acids is 3. The van der Waals surface area contributed by atoms with E-state index >= 15 is 0 Å². The van der Waals surface area contributed by atoms with Crippen molar-refractivity contribution < 1.29 is 19.1 Å². The van der Waals surface area contributed by atoms with E-state index in [0.717, 1.165) is 4.90 Å². The number of rotatable bonds is 7. The van der Waals surface area contributed by atoms with Crippen LogP contribution in [0.15, 0.2) is 77.7 Å². The monoisotopic (exact) mass is 468 g/mol. The lowest BCUT2D eigenvalue weighted by Crippen LogP contribution is -2.23. The Balaban J connectivity index is 1.66. The van der Waals surface area contributed by atoms with Crippen LogP contribution in [-0.4, -0.2) is 30.1 Å². The highest BCUT2D eigenvalue weighted by Gasteiger charge is 2.18. The van der Waals surface area contributed by atoms with E-state index in [2.05, 4.69) is 10.6 Å². The lowest BCUT2D eigenvalue weighted by molar-refractivity contribution is -0.115. The van der Waals surface area contributed by atoms with Gasteiger partial charge in [-0.3, -0.25) is 9.59 Å². The van der Waals surface area contributed by atoms with Crippen LogP contribution in [0.25, 0.3) is 0 Å². The molecule has 0 aliphatic carbocycles. The summed E-state index contributed by atoms with van der Waals surface area (Å²) in [5.74, 6) is -1.07. The number of thioether (sulfide) groups is 1. The van der Waals surface area contributed by atoms with Gasteiger partial charge in [0.1, 0.15) is 0 Å². The van der Waals surface area contributed by atoms with E-state index in [0.29, 0.717) is 22.0 Å². The molecule has 32 heavy (non-hydrogen) atoms. The minimum atomic E-state index is -0.524. The Morgan fingerprint density at radius 3 is 2.44 bits per heavy atom. The van der Waals surface area contributed by atoms with Gasteiger partial charge in [-0.2, -0.15) is 0 Å². The summed E-state index contributed by atoms with van der Waals surface area (Å²) >= 11 is 7.28. The number of carbonyl (C=O) groups is 3. The van der Waals surface area contributed by atoms with Crippen molar-refractivity contribution in [1.82, 2.24) is 0 Å². The number of nitrogens with one attached hydrogen (secondary N) is 2. The molecule has 2 amide bonds. The van der Waals surface area contributed by atoms with Gasteiger partial charge in [-0.15, -0.1) is 11.8 Å². The zero-order valence-electron chi connectivity index (χ0n) is 17.4. The van der Waals surface area contributed by atoms with Crippen LogP contribution < -0.4 is 10.6 Å². The zero-order chi connectivity index (χ0) is 23.1. The Hall–Kier alpha value is -3.29. The summed E-state index contributed by atoms with van der Waals surface area (Å²) in [4.78, 5) is 37.8. The molecule has 0 fully saturated rings.